The molecule has 0 N–H and O–H groups in total. The Hall–Kier alpha value is -3.34. The molecule has 1 aromatic carbocycles. The van der Waals surface area contributed by atoms with Crippen molar-refractivity contribution in [3.63, 3.8) is 0 Å². The third kappa shape index (κ3) is 5.66. The Morgan fingerprint density at radius 2 is 1.78 bits per heavy atom. The molecule has 0 spiro atoms. The van der Waals surface area contributed by atoms with Crippen LogP contribution in [0.4, 0.5) is 0 Å². The minimum absolute atomic E-state index is 0.129. The van der Waals surface area contributed by atoms with Crippen LogP contribution in [0.25, 0.3) is 0 Å². The van der Waals surface area contributed by atoms with E-state index in [1.54, 1.807) is 71.2 Å². The Balaban J connectivity index is 1.27. The number of sulfonamides is 1. The van der Waals surface area contributed by atoms with Gasteiger partial charge in [0.15, 0.2) is 0 Å². The van der Waals surface area contributed by atoms with Gasteiger partial charge in [-0.15, -0.1) is 0 Å². The molecular weight excluding hydrogens is 492 g/mol. The number of rotatable bonds is 8. The molecule has 9 nitrogen and oxygen atoms in total. The normalized spacial score (nSPS) is 22.3. The number of carbonyl (C=O) groups excluding carboxylic acids is 1. The largest absolute Gasteiger partial charge is 0.486 e. The predicted molar refractivity (Wildman–Crippen MR) is 137 cm³/mol. The van der Waals surface area contributed by atoms with Crippen LogP contribution in [-0.4, -0.2) is 72.5 Å². The van der Waals surface area contributed by atoms with Gasteiger partial charge in [-0.05, 0) is 54.8 Å². The molecule has 2 aliphatic rings. The van der Waals surface area contributed by atoms with Crippen LogP contribution in [0, 0.1) is 0 Å². The van der Waals surface area contributed by atoms with Crippen molar-refractivity contribution in [2.24, 2.45) is 0 Å². The molecule has 1 unspecified atom stereocenters. The number of pyridine rings is 2. The highest BCUT2D eigenvalue weighted by Gasteiger charge is 2.38. The summed E-state index contributed by atoms with van der Waals surface area (Å²) in [6.45, 7) is 1.21. The van der Waals surface area contributed by atoms with Crippen molar-refractivity contribution >= 4 is 15.9 Å². The van der Waals surface area contributed by atoms with Gasteiger partial charge in [0.05, 0.1) is 30.6 Å². The lowest BCUT2D eigenvalue weighted by Crippen LogP contribution is -2.32. The minimum Gasteiger partial charge on any atom is -0.486 e. The zero-order valence-electron chi connectivity index (χ0n) is 20.6. The minimum atomic E-state index is -3.57. The van der Waals surface area contributed by atoms with Crippen molar-refractivity contribution in [3.05, 3.63) is 90.0 Å². The van der Waals surface area contributed by atoms with Gasteiger partial charge in [0.25, 0.3) is 5.91 Å². The van der Waals surface area contributed by atoms with E-state index in [0.717, 1.165) is 18.5 Å². The van der Waals surface area contributed by atoms with E-state index in [0.29, 0.717) is 36.6 Å². The van der Waals surface area contributed by atoms with Crippen LogP contribution in [-0.2, 0) is 20.5 Å². The summed E-state index contributed by atoms with van der Waals surface area (Å²) in [6.07, 6.45) is 4.14. The molecule has 1 amide bonds. The quantitative estimate of drug-likeness (QED) is 0.448. The first-order chi connectivity index (χ1) is 17.9. The summed E-state index contributed by atoms with van der Waals surface area (Å²) in [5.41, 5.74) is 1.78. The molecule has 2 fully saturated rings. The van der Waals surface area contributed by atoms with Gasteiger partial charge < -0.3 is 14.4 Å². The Morgan fingerprint density at radius 3 is 2.51 bits per heavy atom. The molecule has 0 aliphatic carbocycles. The highest BCUT2D eigenvalue weighted by molar-refractivity contribution is 7.88. The summed E-state index contributed by atoms with van der Waals surface area (Å²) in [5, 5.41) is 0. The molecule has 2 aliphatic heterocycles. The molecule has 37 heavy (non-hydrogen) atoms. The first-order valence-electron chi connectivity index (χ1n) is 12.3. The second kappa shape index (κ2) is 11.0. The number of methoxy groups -OCH3 is 1. The number of amides is 1. The summed E-state index contributed by atoms with van der Waals surface area (Å²) in [5.74, 6) is 0.229. The first kappa shape index (κ1) is 25.3. The topological polar surface area (TPSA) is 102 Å². The van der Waals surface area contributed by atoms with Crippen LogP contribution in [0.1, 0.15) is 40.6 Å². The van der Waals surface area contributed by atoms with Gasteiger partial charge in [-0.3, -0.25) is 14.8 Å². The smallest absolute Gasteiger partial charge is 0.272 e. The maximum absolute atomic E-state index is 13.4. The SMILES string of the molecule is CO[C@@H]1CN(C(=O)c2ccccn2)C[C@H]1Oc1cccc(CS(=O)(=O)N2CCCC2c2ccccn2)c1. The molecule has 194 valence electrons. The third-order valence-corrected chi connectivity index (χ3v) is 8.66. The summed E-state index contributed by atoms with van der Waals surface area (Å²) in [4.78, 5) is 23.1. The number of nitrogens with zero attached hydrogens (tertiary/aromatic N) is 4. The molecule has 0 radical (unpaired) electrons. The van der Waals surface area contributed by atoms with E-state index in [2.05, 4.69) is 9.97 Å². The highest BCUT2D eigenvalue weighted by atomic mass is 32.2. The van der Waals surface area contributed by atoms with Gasteiger partial charge in [-0.1, -0.05) is 24.3 Å². The molecule has 2 saturated heterocycles. The van der Waals surface area contributed by atoms with Crippen LogP contribution < -0.4 is 4.74 Å². The lowest BCUT2D eigenvalue weighted by Gasteiger charge is -2.24. The Morgan fingerprint density at radius 1 is 1.00 bits per heavy atom. The van der Waals surface area contributed by atoms with Gasteiger partial charge in [-0.2, -0.15) is 4.31 Å². The standard InChI is InChI=1S/C27H30N4O5S/c1-35-25-17-30(27(32)23-11-3-5-14-29-23)18-26(25)36-21-9-6-8-20(16-21)19-37(33,34)31-15-7-12-24(31)22-10-2-4-13-28-22/h2-6,8-11,13-14,16,24-26H,7,12,15,17-19H2,1H3/t24?,25-,26-/m1/s1. The van der Waals surface area contributed by atoms with Crippen molar-refractivity contribution in [3.8, 4) is 5.75 Å². The van der Waals surface area contributed by atoms with Crippen molar-refractivity contribution in [2.45, 2.75) is 36.8 Å². The number of hydrogen-bond acceptors (Lipinski definition) is 7. The maximum atomic E-state index is 13.4. The zero-order chi connectivity index (χ0) is 25.8. The molecule has 3 atom stereocenters. The van der Waals surface area contributed by atoms with Crippen LogP contribution in [0.3, 0.4) is 0 Å². The molecule has 0 saturated carbocycles. The van der Waals surface area contributed by atoms with Gasteiger partial charge >= 0.3 is 0 Å². The van der Waals surface area contributed by atoms with Crippen LogP contribution in [0.15, 0.2) is 73.1 Å². The molecule has 3 aromatic rings. The molecule has 5 rings (SSSR count). The fourth-order valence-electron chi connectivity index (χ4n) is 5.02. The highest BCUT2D eigenvalue weighted by Crippen LogP contribution is 2.34. The zero-order valence-corrected chi connectivity index (χ0v) is 21.5. The fraction of sp³-hybridized carbons (Fsp3) is 0.370. The number of benzene rings is 1. The van der Waals surface area contributed by atoms with Gasteiger partial charge in [-0.25, -0.2) is 8.42 Å². The summed E-state index contributed by atoms with van der Waals surface area (Å²) >= 11 is 0. The first-order valence-corrected chi connectivity index (χ1v) is 13.9. The Kier molecular flexibility index (Phi) is 7.50. The van der Waals surface area contributed by atoms with Crippen LogP contribution in [0.2, 0.25) is 0 Å². The van der Waals surface area contributed by atoms with Crippen molar-refractivity contribution in [1.29, 1.82) is 0 Å². The van der Waals surface area contributed by atoms with Crippen molar-refractivity contribution < 1.29 is 22.7 Å². The average molecular weight is 523 g/mol. The van der Waals surface area contributed by atoms with Gasteiger partial charge in [0, 0.05) is 26.0 Å². The number of ether oxygens (including phenoxy) is 2. The molecular formula is C27H30N4O5S. The monoisotopic (exact) mass is 522 g/mol. The van der Waals surface area contributed by atoms with Gasteiger partial charge in [0.1, 0.15) is 23.7 Å². The van der Waals surface area contributed by atoms with E-state index < -0.39 is 16.1 Å². The maximum Gasteiger partial charge on any atom is 0.272 e. The average Bonchev–Trinajstić information content (AvgIpc) is 3.57. The van der Waals surface area contributed by atoms with Crippen molar-refractivity contribution in [2.75, 3.05) is 26.7 Å². The van der Waals surface area contributed by atoms with E-state index >= 15 is 0 Å². The van der Waals surface area contributed by atoms with Crippen molar-refractivity contribution in [1.82, 2.24) is 19.2 Å². The predicted octanol–water partition coefficient (Wildman–Crippen LogP) is 3.06. The summed E-state index contributed by atoms with van der Waals surface area (Å²) in [7, 11) is -1.98. The number of hydrogen-bond donors (Lipinski definition) is 0. The van der Waals surface area contributed by atoms with Crippen LogP contribution in [0.5, 0.6) is 5.75 Å². The van der Waals surface area contributed by atoms with E-state index in [4.69, 9.17) is 9.47 Å². The lowest BCUT2D eigenvalue weighted by atomic mass is 10.1. The number of aromatic nitrogens is 2. The van der Waals surface area contributed by atoms with Crippen LogP contribution >= 0.6 is 0 Å². The molecule has 10 heteroatoms. The number of carbonyl (C=O) groups is 1. The summed E-state index contributed by atoms with van der Waals surface area (Å²) in [6, 6.07) is 17.7. The molecule has 2 aromatic heterocycles. The molecule has 4 heterocycles. The Labute approximate surface area is 217 Å². The van der Waals surface area contributed by atoms with E-state index in [1.165, 1.54) is 0 Å². The molecule has 0 bridgehead atoms. The van der Waals surface area contributed by atoms with E-state index in [-0.39, 0.29) is 23.8 Å². The third-order valence-electron chi connectivity index (χ3n) is 6.81. The van der Waals surface area contributed by atoms with E-state index in [9.17, 15) is 13.2 Å². The lowest BCUT2D eigenvalue weighted by molar-refractivity contribution is 0.0339. The second-order valence-electron chi connectivity index (χ2n) is 9.28. The van der Waals surface area contributed by atoms with E-state index in [1.807, 2.05) is 18.2 Å². The fourth-order valence-corrected chi connectivity index (χ4v) is 6.79. The second-order valence-corrected chi connectivity index (χ2v) is 11.2. The Bertz CT molecular complexity index is 1320. The number of likely N-dealkylation sites (tertiary alicyclic amines) is 1. The summed E-state index contributed by atoms with van der Waals surface area (Å²) < 4.78 is 40.1. The van der Waals surface area contributed by atoms with Gasteiger partial charge in [0.2, 0.25) is 10.0 Å².